The van der Waals surface area contributed by atoms with Crippen LogP contribution >= 0.6 is 0 Å². The summed E-state index contributed by atoms with van der Waals surface area (Å²) in [4.78, 5) is 0.364. The van der Waals surface area contributed by atoms with Gasteiger partial charge in [0.25, 0.3) is 0 Å². The maximum absolute atomic E-state index is 12.4. The summed E-state index contributed by atoms with van der Waals surface area (Å²) in [6, 6.07) is 8.55. The molecule has 0 aliphatic carbocycles. The van der Waals surface area contributed by atoms with Crippen LogP contribution < -0.4 is 0 Å². The van der Waals surface area contributed by atoms with Gasteiger partial charge in [-0.15, -0.1) is 0 Å². The summed E-state index contributed by atoms with van der Waals surface area (Å²) in [6.45, 7) is 1.05. The van der Waals surface area contributed by atoms with Crippen LogP contribution in [0, 0.1) is 0 Å². The van der Waals surface area contributed by atoms with E-state index in [1.54, 1.807) is 35.7 Å². The van der Waals surface area contributed by atoms with Gasteiger partial charge in [0.1, 0.15) is 0 Å². The third-order valence-electron chi connectivity index (χ3n) is 3.03. The first-order valence-corrected chi connectivity index (χ1v) is 7.16. The zero-order chi connectivity index (χ0) is 12.3. The molecule has 17 heavy (non-hydrogen) atoms. The highest BCUT2D eigenvalue weighted by atomic mass is 32.2. The smallest absolute Gasteiger partial charge is 0.243 e. The standard InChI is InChI=1S/C12H17NO3S/c1-16-10-11-6-5-9-13(11)17(14,15)12-7-3-2-4-8-12/h2-4,7-8,11H,5-6,9-10H2,1H3/t11-/m0/s1. The largest absolute Gasteiger partial charge is 0.383 e. The Hall–Kier alpha value is -0.910. The van der Waals surface area contributed by atoms with E-state index in [9.17, 15) is 8.42 Å². The van der Waals surface area contributed by atoms with Crippen molar-refractivity contribution in [2.75, 3.05) is 20.3 Å². The fraction of sp³-hybridized carbons (Fsp3) is 0.500. The highest BCUT2D eigenvalue weighted by Crippen LogP contribution is 2.25. The van der Waals surface area contributed by atoms with Gasteiger partial charge in [-0.05, 0) is 25.0 Å². The molecule has 0 spiro atoms. The van der Waals surface area contributed by atoms with E-state index in [1.807, 2.05) is 6.07 Å². The van der Waals surface area contributed by atoms with Crippen LogP contribution in [0.1, 0.15) is 12.8 Å². The highest BCUT2D eigenvalue weighted by Gasteiger charge is 2.34. The molecule has 1 heterocycles. The minimum atomic E-state index is -3.36. The predicted octanol–water partition coefficient (Wildman–Crippen LogP) is 1.49. The lowest BCUT2D eigenvalue weighted by Crippen LogP contribution is -2.38. The number of nitrogens with zero attached hydrogens (tertiary/aromatic N) is 1. The van der Waals surface area contributed by atoms with E-state index in [0.29, 0.717) is 18.0 Å². The topological polar surface area (TPSA) is 46.6 Å². The third kappa shape index (κ3) is 2.51. The number of methoxy groups -OCH3 is 1. The Morgan fingerprint density at radius 3 is 2.71 bits per heavy atom. The van der Waals surface area contributed by atoms with Gasteiger partial charge in [0.2, 0.25) is 10.0 Å². The van der Waals surface area contributed by atoms with Gasteiger partial charge in [-0.25, -0.2) is 8.42 Å². The molecular formula is C12H17NO3S. The van der Waals surface area contributed by atoms with Gasteiger partial charge < -0.3 is 4.74 Å². The van der Waals surface area contributed by atoms with Crippen molar-refractivity contribution in [2.45, 2.75) is 23.8 Å². The molecule has 0 N–H and O–H groups in total. The van der Waals surface area contributed by atoms with E-state index >= 15 is 0 Å². The molecule has 1 aliphatic rings. The van der Waals surface area contributed by atoms with Crippen molar-refractivity contribution in [3.8, 4) is 0 Å². The monoisotopic (exact) mass is 255 g/mol. The molecule has 0 bridgehead atoms. The van der Waals surface area contributed by atoms with Crippen LogP contribution in [0.25, 0.3) is 0 Å². The second kappa shape index (κ2) is 5.16. The van der Waals surface area contributed by atoms with Crippen LogP contribution in [0.2, 0.25) is 0 Å². The second-order valence-electron chi connectivity index (χ2n) is 4.18. The number of sulfonamides is 1. The quantitative estimate of drug-likeness (QED) is 0.819. The van der Waals surface area contributed by atoms with Crippen LogP contribution in [-0.4, -0.2) is 39.0 Å². The van der Waals surface area contributed by atoms with Gasteiger partial charge in [0.15, 0.2) is 0 Å². The zero-order valence-corrected chi connectivity index (χ0v) is 10.7. The van der Waals surface area contributed by atoms with Gasteiger partial charge in [-0.1, -0.05) is 18.2 Å². The van der Waals surface area contributed by atoms with Crippen LogP contribution in [0.4, 0.5) is 0 Å². The Kier molecular flexibility index (Phi) is 3.81. The first kappa shape index (κ1) is 12.5. The molecule has 0 saturated carbocycles. The summed E-state index contributed by atoms with van der Waals surface area (Å²) in [5, 5.41) is 0. The van der Waals surface area contributed by atoms with Crippen molar-refractivity contribution in [2.24, 2.45) is 0 Å². The van der Waals surface area contributed by atoms with Crippen molar-refractivity contribution >= 4 is 10.0 Å². The van der Waals surface area contributed by atoms with Gasteiger partial charge in [-0.3, -0.25) is 0 Å². The lowest BCUT2D eigenvalue weighted by molar-refractivity contribution is 0.149. The fourth-order valence-electron chi connectivity index (χ4n) is 2.21. The van der Waals surface area contributed by atoms with E-state index in [2.05, 4.69) is 0 Å². The minimum absolute atomic E-state index is 0.0230. The molecule has 0 radical (unpaired) electrons. The maximum atomic E-state index is 12.4. The Labute approximate surface area is 102 Å². The summed E-state index contributed by atoms with van der Waals surface area (Å²) in [6.07, 6.45) is 1.78. The predicted molar refractivity (Wildman–Crippen MR) is 65.2 cm³/mol. The first-order chi connectivity index (χ1) is 8.16. The third-order valence-corrected chi connectivity index (χ3v) is 5.00. The van der Waals surface area contributed by atoms with Crippen LogP contribution in [0.5, 0.6) is 0 Å². The molecule has 0 aromatic heterocycles. The molecule has 0 amide bonds. The summed E-state index contributed by atoms with van der Waals surface area (Å²) >= 11 is 0. The van der Waals surface area contributed by atoms with E-state index in [4.69, 9.17) is 4.74 Å². The molecule has 1 aromatic carbocycles. The van der Waals surface area contributed by atoms with Gasteiger partial charge in [-0.2, -0.15) is 4.31 Å². The molecule has 1 aliphatic heterocycles. The minimum Gasteiger partial charge on any atom is -0.383 e. The van der Waals surface area contributed by atoms with Gasteiger partial charge in [0.05, 0.1) is 11.5 Å². The second-order valence-corrected chi connectivity index (χ2v) is 6.07. The molecule has 1 atom stereocenters. The van der Waals surface area contributed by atoms with Crippen molar-refractivity contribution < 1.29 is 13.2 Å². The summed E-state index contributed by atoms with van der Waals surface area (Å²) < 4.78 is 31.4. The normalized spacial score (nSPS) is 21.8. The Morgan fingerprint density at radius 2 is 2.06 bits per heavy atom. The van der Waals surface area contributed by atoms with E-state index in [0.717, 1.165) is 12.8 Å². The number of hydrogen-bond donors (Lipinski definition) is 0. The van der Waals surface area contributed by atoms with Gasteiger partial charge >= 0.3 is 0 Å². The molecule has 5 heteroatoms. The lowest BCUT2D eigenvalue weighted by Gasteiger charge is -2.23. The van der Waals surface area contributed by atoms with E-state index in [-0.39, 0.29) is 6.04 Å². The number of ether oxygens (including phenoxy) is 1. The molecule has 4 nitrogen and oxygen atoms in total. The lowest BCUT2D eigenvalue weighted by atomic mass is 10.2. The zero-order valence-electron chi connectivity index (χ0n) is 9.87. The Balaban J connectivity index is 2.27. The molecule has 2 rings (SSSR count). The van der Waals surface area contributed by atoms with Crippen molar-refractivity contribution in [3.05, 3.63) is 30.3 Å². The number of benzene rings is 1. The molecule has 1 aromatic rings. The van der Waals surface area contributed by atoms with Crippen LogP contribution in [-0.2, 0) is 14.8 Å². The molecule has 1 fully saturated rings. The van der Waals surface area contributed by atoms with E-state index in [1.165, 1.54) is 0 Å². The number of hydrogen-bond acceptors (Lipinski definition) is 3. The highest BCUT2D eigenvalue weighted by molar-refractivity contribution is 7.89. The van der Waals surface area contributed by atoms with Crippen LogP contribution in [0.15, 0.2) is 35.2 Å². The maximum Gasteiger partial charge on any atom is 0.243 e. The Morgan fingerprint density at radius 1 is 1.35 bits per heavy atom. The molecular weight excluding hydrogens is 238 g/mol. The van der Waals surface area contributed by atoms with Crippen LogP contribution in [0.3, 0.4) is 0 Å². The van der Waals surface area contributed by atoms with Gasteiger partial charge in [0, 0.05) is 19.7 Å². The van der Waals surface area contributed by atoms with Crippen molar-refractivity contribution in [3.63, 3.8) is 0 Å². The van der Waals surface area contributed by atoms with Crippen molar-refractivity contribution in [1.82, 2.24) is 4.31 Å². The number of rotatable bonds is 4. The van der Waals surface area contributed by atoms with Crippen molar-refractivity contribution in [1.29, 1.82) is 0 Å². The first-order valence-electron chi connectivity index (χ1n) is 5.72. The molecule has 0 unspecified atom stereocenters. The summed E-state index contributed by atoms with van der Waals surface area (Å²) in [5.74, 6) is 0. The summed E-state index contributed by atoms with van der Waals surface area (Å²) in [7, 11) is -1.75. The average molecular weight is 255 g/mol. The van der Waals surface area contributed by atoms with E-state index < -0.39 is 10.0 Å². The molecule has 1 saturated heterocycles. The molecule has 94 valence electrons. The summed E-state index contributed by atoms with van der Waals surface area (Å²) in [5.41, 5.74) is 0. The average Bonchev–Trinajstić information content (AvgIpc) is 2.80. The SMILES string of the molecule is COC[C@@H]1CCCN1S(=O)(=O)c1ccccc1. The Bertz CT molecular complexity index is 458. The fourth-order valence-corrected chi connectivity index (χ4v) is 3.91.